The van der Waals surface area contributed by atoms with Gasteiger partial charge in [0.05, 0.1) is 10.6 Å². The molecule has 2 heterocycles. The van der Waals surface area contributed by atoms with E-state index >= 15 is 0 Å². The molecule has 2 aromatic heterocycles. The van der Waals surface area contributed by atoms with E-state index in [1.807, 2.05) is 36.5 Å². The van der Waals surface area contributed by atoms with E-state index in [-0.39, 0.29) is 5.91 Å². The van der Waals surface area contributed by atoms with Crippen LogP contribution < -0.4 is 5.32 Å². The molecule has 0 spiro atoms. The third kappa shape index (κ3) is 3.82. The third-order valence-corrected chi connectivity index (χ3v) is 6.07. The number of fused-ring (bicyclic) bond motifs is 1. The Balaban J connectivity index is 1.46. The standard InChI is InChI=1S/C18H21N3OS2/c1-12-4-6-14(7-5-12)11-23-9-8-19-17(22)16-10-15-13(2)20-21(3)18(15)24-16/h4-7,10H,8-9,11H2,1-3H3,(H,19,22). The summed E-state index contributed by atoms with van der Waals surface area (Å²) >= 11 is 3.33. The summed E-state index contributed by atoms with van der Waals surface area (Å²) in [6, 6.07) is 10.5. The average molecular weight is 360 g/mol. The second-order valence-corrected chi connectivity index (χ2v) is 7.97. The van der Waals surface area contributed by atoms with Crippen molar-refractivity contribution >= 4 is 39.2 Å². The van der Waals surface area contributed by atoms with Gasteiger partial charge in [0, 0.05) is 30.5 Å². The van der Waals surface area contributed by atoms with Gasteiger partial charge >= 0.3 is 0 Å². The van der Waals surface area contributed by atoms with Crippen molar-refractivity contribution in [3.8, 4) is 0 Å². The fourth-order valence-corrected chi connectivity index (χ4v) is 4.37. The molecule has 24 heavy (non-hydrogen) atoms. The van der Waals surface area contributed by atoms with E-state index in [0.29, 0.717) is 6.54 Å². The number of thiophene rings is 1. The lowest BCUT2D eigenvalue weighted by molar-refractivity contribution is 0.0960. The topological polar surface area (TPSA) is 46.9 Å². The largest absolute Gasteiger partial charge is 0.351 e. The molecule has 3 aromatic rings. The number of nitrogens with one attached hydrogen (secondary N) is 1. The van der Waals surface area contributed by atoms with Crippen LogP contribution in [0.1, 0.15) is 26.5 Å². The minimum absolute atomic E-state index is 0.00605. The fraction of sp³-hybridized carbons (Fsp3) is 0.333. The fourth-order valence-electron chi connectivity index (χ4n) is 2.52. The second-order valence-electron chi connectivity index (χ2n) is 5.83. The Morgan fingerprint density at radius 3 is 2.75 bits per heavy atom. The molecule has 1 N–H and O–H groups in total. The predicted octanol–water partition coefficient (Wildman–Crippen LogP) is 3.91. The molecule has 0 aliphatic heterocycles. The van der Waals surface area contributed by atoms with Crippen molar-refractivity contribution in [2.75, 3.05) is 12.3 Å². The van der Waals surface area contributed by atoms with E-state index in [1.54, 1.807) is 0 Å². The van der Waals surface area contributed by atoms with Crippen LogP contribution in [0.2, 0.25) is 0 Å². The van der Waals surface area contributed by atoms with Gasteiger partial charge in [-0.2, -0.15) is 16.9 Å². The number of rotatable bonds is 6. The van der Waals surface area contributed by atoms with Gasteiger partial charge in [0.25, 0.3) is 5.91 Å². The second kappa shape index (κ2) is 7.40. The summed E-state index contributed by atoms with van der Waals surface area (Å²) in [4.78, 5) is 14.1. The zero-order valence-electron chi connectivity index (χ0n) is 14.1. The molecule has 0 unspecified atom stereocenters. The average Bonchev–Trinajstić information content (AvgIpc) is 3.11. The monoisotopic (exact) mass is 359 g/mol. The number of benzene rings is 1. The zero-order valence-corrected chi connectivity index (χ0v) is 15.8. The van der Waals surface area contributed by atoms with Crippen LogP contribution in [-0.2, 0) is 12.8 Å². The van der Waals surface area contributed by atoms with E-state index in [0.717, 1.165) is 32.3 Å². The summed E-state index contributed by atoms with van der Waals surface area (Å²) in [6.45, 7) is 4.75. The van der Waals surface area contributed by atoms with E-state index in [2.05, 4.69) is 41.6 Å². The van der Waals surface area contributed by atoms with Crippen LogP contribution in [0.15, 0.2) is 30.3 Å². The number of thioether (sulfide) groups is 1. The highest BCUT2D eigenvalue weighted by atomic mass is 32.2. The molecule has 126 valence electrons. The van der Waals surface area contributed by atoms with Gasteiger partial charge in [-0.1, -0.05) is 29.8 Å². The molecule has 6 heteroatoms. The van der Waals surface area contributed by atoms with Gasteiger partial charge in [0.1, 0.15) is 4.83 Å². The lowest BCUT2D eigenvalue weighted by Crippen LogP contribution is -2.24. The van der Waals surface area contributed by atoms with Crippen LogP contribution in [-0.4, -0.2) is 28.0 Å². The molecular formula is C18H21N3OS2. The van der Waals surface area contributed by atoms with Crippen LogP contribution >= 0.6 is 23.1 Å². The van der Waals surface area contributed by atoms with Crippen molar-refractivity contribution in [3.63, 3.8) is 0 Å². The zero-order chi connectivity index (χ0) is 17.1. The summed E-state index contributed by atoms with van der Waals surface area (Å²) in [7, 11) is 1.91. The molecule has 1 aromatic carbocycles. The van der Waals surface area contributed by atoms with Crippen LogP contribution in [0.25, 0.3) is 10.2 Å². The molecule has 0 atom stereocenters. The number of carbonyl (C=O) groups excluding carboxylic acids is 1. The first-order chi connectivity index (χ1) is 11.5. The van der Waals surface area contributed by atoms with E-state index in [4.69, 9.17) is 0 Å². The Hall–Kier alpha value is -1.79. The molecule has 0 aliphatic rings. The predicted molar refractivity (Wildman–Crippen MR) is 103 cm³/mol. The van der Waals surface area contributed by atoms with Gasteiger partial charge in [-0.25, -0.2) is 0 Å². The number of hydrogen-bond acceptors (Lipinski definition) is 4. The number of carbonyl (C=O) groups is 1. The number of aryl methyl sites for hydroxylation is 3. The molecule has 3 rings (SSSR count). The van der Waals surface area contributed by atoms with Crippen molar-refractivity contribution < 1.29 is 4.79 Å². The Morgan fingerprint density at radius 2 is 2.04 bits per heavy atom. The Labute approximate surface area is 150 Å². The number of aromatic nitrogens is 2. The van der Waals surface area contributed by atoms with E-state index in [1.165, 1.54) is 22.5 Å². The maximum atomic E-state index is 12.3. The van der Waals surface area contributed by atoms with Crippen LogP contribution in [0.5, 0.6) is 0 Å². The Kier molecular flexibility index (Phi) is 5.26. The summed E-state index contributed by atoms with van der Waals surface area (Å²) in [5.74, 6) is 1.89. The molecule has 0 aliphatic carbocycles. The summed E-state index contributed by atoms with van der Waals surface area (Å²) < 4.78 is 1.84. The Bertz CT molecular complexity index is 815. The van der Waals surface area contributed by atoms with Crippen molar-refractivity contribution in [2.45, 2.75) is 19.6 Å². The number of hydrogen-bond donors (Lipinski definition) is 1. The smallest absolute Gasteiger partial charge is 0.261 e. The number of nitrogens with zero attached hydrogens (tertiary/aromatic N) is 2. The van der Waals surface area contributed by atoms with Gasteiger partial charge in [0.15, 0.2) is 0 Å². The van der Waals surface area contributed by atoms with Gasteiger partial charge in [-0.15, -0.1) is 11.3 Å². The summed E-state index contributed by atoms with van der Waals surface area (Å²) in [6.07, 6.45) is 0. The quantitative estimate of drug-likeness (QED) is 0.679. The molecule has 0 saturated carbocycles. The Morgan fingerprint density at radius 1 is 1.29 bits per heavy atom. The molecule has 0 fully saturated rings. The van der Waals surface area contributed by atoms with Crippen molar-refractivity contribution in [1.29, 1.82) is 0 Å². The lowest BCUT2D eigenvalue weighted by atomic mass is 10.2. The highest BCUT2D eigenvalue weighted by Gasteiger charge is 2.14. The lowest BCUT2D eigenvalue weighted by Gasteiger charge is -2.04. The molecule has 0 saturated heterocycles. The van der Waals surface area contributed by atoms with Crippen molar-refractivity contribution in [3.05, 3.63) is 52.0 Å². The molecule has 0 radical (unpaired) electrons. The third-order valence-electron chi connectivity index (χ3n) is 3.84. The van der Waals surface area contributed by atoms with Crippen LogP contribution in [0, 0.1) is 13.8 Å². The first-order valence-corrected chi connectivity index (χ1v) is 9.86. The van der Waals surface area contributed by atoms with Crippen molar-refractivity contribution in [1.82, 2.24) is 15.1 Å². The SMILES string of the molecule is Cc1ccc(CSCCNC(=O)c2cc3c(C)nn(C)c3s2)cc1. The maximum Gasteiger partial charge on any atom is 0.261 e. The maximum absolute atomic E-state index is 12.3. The molecule has 0 bridgehead atoms. The van der Waals surface area contributed by atoms with Gasteiger partial charge < -0.3 is 5.32 Å². The molecular weight excluding hydrogens is 338 g/mol. The first-order valence-electron chi connectivity index (χ1n) is 7.89. The van der Waals surface area contributed by atoms with Gasteiger partial charge in [0.2, 0.25) is 0 Å². The molecule has 4 nitrogen and oxygen atoms in total. The normalized spacial score (nSPS) is 11.1. The van der Waals surface area contributed by atoms with E-state index < -0.39 is 0 Å². The van der Waals surface area contributed by atoms with Crippen molar-refractivity contribution in [2.24, 2.45) is 7.05 Å². The highest BCUT2D eigenvalue weighted by Crippen LogP contribution is 2.27. The first kappa shape index (κ1) is 17.0. The summed E-state index contributed by atoms with van der Waals surface area (Å²) in [5, 5.41) is 8.44. The van der Waals surface area contributed by atoms with Gasteiger partial charge in [-0.05, 0) is 25.5 Å². The van der Waals surface area contributed by atoms with E-state index in [9.17, 15) is 4.79 Å². The number of amides is 1. The van der Waals surface area contributed by atoms with Gasteiger partial charge in [-0.3, -0.25) is 9.48 Å². The van der Waals surface area contributed by atoms with Crippen LogP contribution in [0.3, 0.4) is 0 Å². The minimum atomic E-state index is 0.00605. The summed E-state index contributed by atoms with van der Waals surface area (Å²) in [5.41, 5.74) is 3.57. The highest BCUT2D eigenvalue weighted by molar-refractivity contribution is 7.98. The minimum Gasteiger partial charge on any atom is -0.351 e. The van der Waals surface area contributed by atoms with Crippen LogP contribution in [0.4, 0.5) is 0 Å². The molecule has 1 amide bonds.